The Hall–Kier alpha value is -0.710. The van der Waals surface area contributed by atoms with Crippen molar-refractivity contribution < 1.29 is 49.4 Å². The number of halogens is 9. The summed E-state index contributed by atoms with van der Waals surface area (Å²) >= 11 is 0. The van der Waals surface area contributed by atoms with Crippen LogP contribution in [0.15, 0.2) is 0 Å². The fourth-order valence-corrected chi connectivity index (χ4v) is 0.280. The van der Waals surface area contributed by atoms with E-state index >= 15 is 0 Å². The molecule has 92 valence electrons. The first kappa shape index (κ1) is 14.3. The van der Waals surface area contributed by atoms with Crippen molar-refractivity contribution in [3.63, 3.8) is 0 Å². The molecule has 0 radical (unpaired) electrons. The van der Waals surface area contributed by atoms with Gasteiger partial charge in [-0.05, 0) is 0 Å². The van der Waals surface area contributed by atoms with Crippen LogP contribution in [0.3, 0.4) is 0 Å². The Morgan fingerprint density at radius 1 is 0.667 bits per heavy atom. The number of hydrogen-bond acceptors (Lipinski definition) is 2. The van der Waals surface area contributed by atoms with Gasteiger partial charge in [-0.3, -0.25) is 0 Å². The summed E-state index contributed by atoms with van der Waals surface area (Å²) in [6, 6.07) is 0. The van der Waals surface area contributed by atoms with E-state index in [1.54, 1.807) is 4.74 Å². The minimum Gasteiger partial charge on any atom is -0.329 e. The highest BCUT2D eigenvalue weighted by Gasteiger charge is 2.70. The summed E-state index contributed by atoms with van der Waals surface area (Å²) in [7, 11) is 0. The van der Waals surface area contributed by atoms with Crippen molar-refractivity contribution in [2.45, 2.75) is 24.5 Å². The Morgan fingerprint density at radius 2 is 1.00 bits per heavy atom. The Balaban J connectivity index is 4.89. The summed E-state index contributed by atoms with van der Waals surface area (Å²) < 4.78 is 105. The van der Waals surface area contributed by atoms with Crippen molar-refractivity contribution in [2.75, 3.05) is 0 Å². The molecule has 15 heavy (non-hydrogen) atoms. The largest absolute Gasteiger partial charge is 0.483 e. The Bertz CT molecular complexity index is 201. The van der Waals surface area contributed by atoms with Crippen molar-refractivity contribution in [2.24, 2.45) is 0 Å². The van der Waals surface area contributed by atoms with Gasteiger partial charge in [-0.2, -0.15) is 39.5 Å². The van der Waals surface area contributed by atoms with E-state index in [-0.39, 0.29) is 0 Å². The summed E-state index contributed by atoms with van der Waals surface area (Å²) in [5.74, 6) is 0. The highest BCUT2D eigenvalue weighted by Crippen LogP contribution is 2.44. The van der Waals surface area contributed by atoms with Gasteiger partial charge in [0, 0.05) is 0 Å². The molecule has 0 heterocycles. The third-order valence-corrected chi connectivity index (χ3v) is 0.937. The third kappa shape index (κ3) is 3.12. The van der Waals surface area contributed by atoms with E-state index in [0.717, 1.165) is 0 Å². The van der Waals surface area contributed by atoms with Crippen LogP contribution < -0.4 is 0 Å². The molecule has 0 aromatic heterocycles. The molecular weight excluding hydrogens is 251 g/mol. The summed E-state index contributed by atoms with van der Waals surface area (Å²) in [6.07, 6.45) is -25.7. The van der Waals surface area contributed by atoms with Gasteiger partial charge < -0.3 is 5.11 Å². The first-order valence-corrected chi connectivity index (χ1v) is 2.83. The molecule has 0 amide bonds. The lowest BCUT2D eigenvalue weighted by Gasteiger charge is -2.26. The average Bonchev–Trinajstić information content (AvgIpc) is 1.77. The molecule has 0 fully saturated rings. The average molecular weight is 252 g/mol. The van der Waals surface area contributed by atoms with E-state index in [0.29, 0.717) is 0 Å². The lowest BCUT2D eigenvalue weighted by atomic mass is 10.5. The van der Waals surface area contributed by atoms with Crippen molar-refractivity contribution in [1.29, 1.82) is 0 Å². The normalized spacial score (nSPS) is 15.6. The number of hydrogen-bond donors (Lipinski definition) is 1. The molecule has 0 saturated heterocycles. The molecule has 0 aliphatic heterocycles. The number of alkyl halides is 9. The van der Waals surface area contributed by atoms with E-state index in [1.165, 1.54) is 0 Å². The maximum absolute atomic E-state index is 11.8. The molecule has 0 aliphatic carbocycles. The second-order valence-electron chi connectivity index (χ2n) is 2.17. The Kier molecular flexibility index (Phi) is 3.24. The van der Waals surface area contributed by atoms with Crippen LogP contribution in [-0.4, -0.2) is 29.6 Å². The lowest BCUT2D eigenvalue weighted by molar-refractivity contribution is -0.511. The monoisotopic (exact) mass is 252 g/mol. The molecular formula is C4HF9O2. The van der Waals surface area contributed by atoms with Gasteiger partial charge in [0.2, 0.25) is 0 Å². The third-order valence-electron chi connectivity index (χ3n) is 0.937. The first-order chi connectivity index (χ1) is 6.21. The van der Waals surface area contributed by atoms with Crippen LogP contribution in [0, 0.1) is 0 Å². The summed E-state index contributed by atoms with van der Waals surface area (Å²) in [6.45, 7) is 0. The van der Waals surface area contributed by atoms with Gasteiger partial charge in [-0.15, -0.1) is 0 Å². The van der Waals surface area contributed by atoms with E-state index < -0.39 is 24.5 Å². The van der Waals surface area contributed by atoms with Gasteiger partial charge in [0.25, 0.3) is 0 Å². The van der Waals surface area contributed by atoms with E-state index in [4.69, 9.17) is 5.11 Å². The van der Waals surface area contributed by atoms with Gasteiger partial charge in [0.05, 0.1) is 0 Å². The van der Waals surface area contributed by atoms with E-state index in [9.17, 15) is 39.5 Å². The smallest absolute Gasteiger partial charge is 0.329 e. The minimum absolute atomic E-state index is 1.56. The van der Waals surface area contributed by atoms with Crippen LogP contribution in [0.1, 0.15) is 0 Å². The van der Waals surface area contributed by atoms with Crippen molar-refractivity contribution in [3.05, 3.63) is 0 Å². The molecule has 0 rings (SSSR count). The van der Waals surface area contributed by atoms with Crippen LogP contribution in [0.5, 0.6) is 0 Å². The molecule has 0 bridgehead atoms. The fourth-order valence-electron chi connectivity index (χ4n) is 0.280. The van der Waals surface area contributed by atoms with Gasteiger partial charge in [0.15, 0.2) is 0 Å². The maximum Gasteiger partial charge on any atom is 0.483 e. The molecule has 0 atom stereocenters. The molecule has 0 aromatic rings. The quantitative estimate of drug-likeness (QED) is 0.781. The fraction of sp³-hybridized carbons (Fsp3) is 1.00. The second kappa shape index (κ2) is 3.40. The standard InChI is InChI=1S/C4HF9O2/c5-1(6,7)3(10,11)15-4(12,13)2(8,9)14/h14H. The van der Waals surface area contributed by atoms with Gasteiger partial charge in [-0.1, -0.05) is 0 Å². The van der Waals surface area contributed by atoms with Gasteiger partial charge in [-0.25, -0.2) is 4.74 Å². The van der Waals surface area contributed by atoms with Crippen molar-refractivity contribution in [1.82, 2.24) is 0 Å². The molecule has 1 N–H and O–H groups in total. The minimum atomic E-state index is -6.61. The summed E-state index contributed by atoms with van der Waals surface area (Å²) in [4.78, 5) is 0. The van der Waals surface area contributed by atoms with Gasteiger partial charge in [0.1, 0.15) is 0 Å². The second-order valence-corrected chi connectivity index (χ2v) is 2.17. The van der Waals surface area contributed by atoms with Crippen molar-refractivity contribution in [3.8, 4) is 0 Å². The summed E-state index contributed by atoms with van der Waals surface area (Å²) in [5, 5.41) is 7.27. The number of aliphatic hydroxyl groups is 1. The van der Waals surface area contributed by atoms with Gasteiger partial charge >= 0.3 is 24.5 Å². The van der Waals surface area contributed by atoms with Crippen LogP contribution in [0.25, 0.3) is 0 Å². The lowest BCUT2D eigenvalue weighted by Crippen LogP contribution is -2.51. The van der Waals surface area contributed by atoms with Crippen LogP contribution in [0.4, 0.5) is 39.5 Å². The molecule has 0 unspecified atom stereocenters. The zero-order chi connectivity index (χ0) is 12.7. The zero-order valence-electron chi connectivity index (χ0n) is 6.26. The van der Waals surface area contributed by atoms with Crippen LogP contribution in [-0.2, 0) is 4.74 Å². The topological polar surface area (TPSA) is 29.5 Å². The molecule has 0 aromatic carbocycles. The highest BCUT2D eigenvalue weighted by molar-refractivity contribution is 4.71. The molecule has 0 spiro atoms. The summed E-state index contributed by atoms with van der Waals surface area (Å²) in [5.41, 5.74) is 0. The number of ether oxygens (including phenoxy) is 1. The van der Waals surface area contributed by atoms with Crippen molar-refractivity contribution >= 4 is 0 Å². The molecule has 0 saturated carbocycles. The van der Waals surface area contributed by atoms with E-state index in [1.807, 2.05) is 0 Å². The van der Waals surface area contributed by atoms with Crippen LogP contribution in [0.2, 0.25) is 0 Å². The predicted molar refractivity (Wildman–Crippen MR) is 24.2 cm³/mol. The highest BCUT2D eigenvalue weighted by atomic mass is 19.4. The maximum atomic E-state index is 11.8. The van der Waals surface area contributed by atoms with Crippen LogP contribution >= 0.6 is 0 Å². The Morgan fingerprint density at radius 3 is 1.20 bits per heavy atom. The SMILES string of the molecule is OC(F)(F)C(F)(F)OC(F)(F)C(F)(F)F. The van der Waals surface area contributed by atoms with E-state index in [2.05, 4.69) is 0 Å². The number of rotatable bonds is 3. The first-order valence-electron chi connectivity index (χ1n) is 2.83. The molecule has 11 heteroatoms. The Labute approximate surface area is 75.2 Å². The predicted octanol–water partition coefficient (Wildman–Crippen LogP) is 2.34. The zero-order valence-corrected chi connectivity index (χ0v) is 6.26. The molecule has 2 nitrogen and oxygen atoms in total. The molecule has 0 aliphatic rings.